The molecule has 31 heavy (non-hydrogen) atoms. The molecule has 0 aromatic heterocycles. The molecule has 0 radical (unpaired) electrons. The highest BCUT2D eigenvalue weighted by molar-refractivity contribution is 5.86. The molecule has 3 atom stereocenters. The van der Waals surface area contributed by atoms with Crippen LogP contribution in [0.5, 0.6) is 0 Å². The van der Waals surface area contributed by atoms with Crippen molar-refractivity contribution in [3.05, 3.63) is 12.2 Å². The van der Waals surface area contributed by atoms with Gasteiger partial charge in [0.25, 0.3) is 0 Å². The van der Waals surface area contributed by atoms with Gasteiger partial charge in [0.2, 0.25) is 0 Å². The van der Waals surface area contributed by atoms with Gasteiger partial charge in [-0.15, -0.1) is 0 Å². The predicted octanol–water partition coefficient (Wildman–Crippen LogP) is 6.72. The van der Waals surface area contributed by atoms with E-state index in [4.69, 9.17) is 14.2 Å². The van der Waals surface area contributed by atoms with E-state index in [9.17, 15) is 4.79 Å². The summed E-state index contributed by atoms with van der Waals surface area (Å²) in [4.78, 5) is 11.7. The Morgan fingerprint density at radius 3 is 2.16 bits per heavy atom. The monoisotopic (exact) mass is 436 g/mol. The maximum atomic E-state index is 11.7. The third-order valence-corrected chi connectivity index (χ3v) is 7.50. The average Bonchev–Trinajstić information content (AvgIpc) is 2.79. The third kappa shape index (κ3) is 10.1. The van der Waals surface area contributed by atoms with Gasteiger partial charge in [0.1, 0.15) is 0 Å². The highest BCUT2D eigenvalue weighted by atomic mass is 16.5. The maximum absolute atomic E-state index is 11.7. The van der Waals surface area contributed by atoms with Gasteiger partial charge in [-0.25, -0.2) is 4.79 Å². The lowest BCUT2D eigenvalue weighted by molar-refractivity contribution is -0.145. The van der Waals surface area contributed by atoms with Crippen LogP contribution < -0.4 is 0 Å². The molecule has 4 nitrogen and oxygen atoms in total. The normalized spacial score (nSPS) is 27.6. The van der Waals surface area contributed by atoms with Gasteiger partial charge in [-0.2, -0.15) is 0 Å². The number of hydrogen-bond donors (Lipinski definition) is 0. The largest absolute Gasteiger partial charge is 0.462 e. The van der Waals surface area contributed by atoms with Crippen molar-refractivity contribution in [1.82, 2.24) is 0 Å². The molecule has 0 spiro atoms. The van der Waals surface area contributed by atoms with E-state index in [1.54, 1.807) is 14.0 Å². The Morgan fingerprint density at radius 1 is 0.935 bits per heavy atom. The standard InChI is InChI=1S/C27H48O4/c1-5-6-7-8-9-22-10-12-23(13-11-22)14-15-24-16-17-26(30-18-24)25(19-29-4)20-31-27(28)21(2)3/h22-26H,2,5-20H2,1,3-4H3. The zero-order valence-electron chi connectivity index (χ0n) is 20.5. The van der Waals surface area contributed by atoms with Crippen LogP contribution in [-0.4, -0.2) is 39.0 Å². The molecule has 0 amide bonds. The summed E-state index contributed by atoms with van der Waals surface area (Å²) in [5.74, 6) is 2.40. The average molecular weight is 437 g/mol. The molecule has 0 aromatic rings. The Balaban J connectivity index is 1.61. The molecule has 4 heteroatoms. The summed E-state index contributed by atoms with van der Waals surface area (Å²) in [6.45, 7) is 9.36. The second-order valence-corrected chi connectivity index (χ2v) is 10.2. The minimum Gasteiger partial charge on any atom is -0.462 e. The molecule has 1 saturated carbocycles. The first kappa shape index (κ1) is 26.4. The van der Waals surface area contributed by atoms with Gasteiger partial charge in [0.15, 0.2) is 0 Å². The molecule has 0 bridgehead atoms. The Kier molecular flexibility index (Phi) is 12.8. The molecule has 1 aliphatic heterocycles. The molecule has 0 aromatic carbocycles. The van der Waals surface area contributed by atoms with E-state index < -0.39 is 0 Å². The molecular formula is C27H48O4. The first-order valence-electron chi connectivity index (χ1n) is 13.0. The van der Waals surface area contributed by atoms with E-state index >= 15 is 0 Å². The Labute approximate surface area is 191 Å². The fourth-order valence-electron chi connectivity index (χ4n) is 5.35. The summed E-state index contributed by atoms with van der Waals surface area (Å²) in [5, 5.41) is 0. The first-order valence-corrected chi connectivity index (χ1v) is 13.0. The molecule has 2 fully saturated rings. The maximum Gasteiger partial charge on any atom is 0.333 e. The summed E-state index contributed by atoms with van der Waals surface area (Å²) >= 11 is 0. The van der Waals surface area contributed by atoms with Crippen LogP contribution in [0.1, 0.15) is 97.3 Å². The molecule has 0 N–H and O–H groups in total. The number of carbonyl (C=O) groups excluding carboxylic acids is 1. The third-order valence-electron chi connectivity index (χ3n) is 7.50. The van der Waals surface area contributed by atoms with E-state index in [1.165, 1.54) is 77.0 Å². The van der Waals surface area contributed by atoms with Crippen LogP contribution in [0, 0.1) is 23.7 Å². The van der Waals surface area contributed by atoms with E-state index in [1.807, 2.05) is 0 Å². The quantitative estimate of drug-likeness (QED) is 0.172. The SMILES string of the molecule is C=C(C)C(=O)OCC(COC)C1CCC(CCC2CCC(CCCCCC)CC2)CO1. The van der Waals surface area contributed by atoms with E-state index in [2.05, 4.69) is 13.5 Å². The van der Waals surface area contributed by atoms with Gasteiger partial charge in [0.05, 0.1) is 19.3 Å². The Bertz CT molecular complexity index is 501. The van der Waals surface area contributed by atoms with Crippen molar-refractivity contribution in [2.24, 2.45) is 23.7 Å². The second kappa shape index (κ2) is 15.1. The van der Waals surface area contributed by atoms with Crippen molar-refractivity contribution in [2.45, 2.75) is 103 Å². The fraction of sp³-hybridized carbons (Fsp3) is 0.889. The highest BCUT2D eigenvalue weighted by Crippen LogP contribution is 2.36. The van der Waals surface area contributed by atoms with Crippen LogP contribution in [0.4, 0.5) is 0 Å². The van der Waals surface area contributed by atoms with Gasteiger partial charge in [0, 0.05) is 25.2 Å². The summed E-state index contributed by atoms with van der Waals surface area (Å²) in [6, 6.07) is 0. The van der Waals surface area contributed by atoms with Crippen molar-refractivity contribution < 1.29 is 19.0 Å². The Hall–Kier alpha value is -0.870. The van der Waals surface area contributed by atoms with Gasteiger partial charge >= 0.3 is 5.97 Å². The zero-order chi connectivity index (χ0) is 22.5. The number of carbonyl (C=O) groups is 1. The van der Waals surface area contributed by atoms with Gasteiger partial charge in [-0.3, -0.25) is 0 Å². The number of unbranched alkanes of at least 4 members (excludes halogenated alkanes) is 3. The van der Waals surface area contributed by atoms with E-state index in [0.717, 1.165) is 24.9 Å². The zero-order valence-corrected chi connectivity index (χ0v) is 20.5. The van der Waals surface area contributed by atoms with Crippen molar-refractivity contribution in [2.75, 3.05) is 26.9 Å². The predicted molar refractivity (Wildman–Crippen MR) is 127 cm³/mol. The van der Waals surface area contributed by atoms with Crippen LogP contribution in [0.15, 0.2) is 12.2 Å². The van der Waals surface area contributed by atoms with Crippen LogP contribution in [0.25, 0.3) is 0 Å². The molecule has 1 heterocycles. The van der Waals surface area contributed by atoms with Crippen molar-refractivity contribution in [3.63, 3.8) is 0 Å². The smallest absolute Gasteiger partial charge is 0.333 e. The minimum atomic E-state index is -0.328. The minimum absolute atomic E-state index is 0.0989. The number of methoxy groups -OCH3 is 1. The van der Waals surface area contributed by atoms with Gasteiger partial charge in [-0.1, -0.05) is 77.7 Å². The van der Waals surface area contributed by atoms with Crippen molar-refractivity contribution in [1.29, 1.82) is 0 Å². The number of ether oxygens (including phenoxy) is 3. The number of esters is 1. The molecule has 1 aliphatic carbocycles. The molecular weight excluding hydrogens is 388 g/mol. The second-order valence-electron chi connectivity index (χ2n) is 10.2. The van der Waals surface area contributed by atoms with Crippen molar-refractivity contribution >= 4 is 5.97 Å². The van der Waals surface area contributed by atoms with Crippen LogP contribution in [0.2, 0.25) is 0 Å². The molecule has 2 rings (SSSR count). The highest BCUT2D eigenvalue weighted by Gasteiger charge is 2.30. The fourth-order valence-corrected chi connectivity index (χ4v) is 5.35. The van der Waals surface area contributed by atoms with Crippen LogP contribution >= 0.6 is 0 Å². The van der Waals surface area contributed by atoms with Gasteiger partial charge < -0.3 is 14.2 Å². The molecule has 180 valence electrons. The molecule has 1 saturated heterocycles. The van der Waals surface area contributed by atoms with Crippen molar-refractivity contribution in [3.8, 4) is 0 Å². The number of rotatable bonds is 14. The molecule has 3 unspecified atom stereocenters. The topological polar surface area (TPSA) is 44.8 Å². The molecule has 2 aliphatic rings. The lowest BCUT2D eigenvalue weighted by atomic mass is 9.77. The lowest BCUT2D eigenvalue weighted by Gasteiger charge is -2.35. The summed E-state index contributed by atoms with van der Waals surface area (Å²) in [7, 11) is 1.69. The Morgan fingerprint density at radius 2 is 1.58 bits per heavy atom. The lowest BCUT2D eigenvalue weighted by Crippen LogP contribution is -2.37. The van der Waals surface area contributed by atoms with E-state index in [0.29, 0.717) is 24.7 Å². The summed E-state index contributed by atoms with van der Waals surface area (Å²) in [6.07, 6.45) is 17.9. The van der Waals surface area contributed by atoms with E-state index in [-0.39, 0.29) is 18.0 Å². The van der Waals surface area contributed by atoms with Crippen LogP contribution in [-0.2, 0) is 19.0 Å². The summed E-state index contributed by atoms with van der Waals surface area (Å²) in [5.41, 5.74) is 0.436. The van der Waals surface area contributed by atoms with Gasteiger partial charge in [-0.05, 0) is 43.9 Å². The van der Waals surface area contributed by atoms with Crippen LogP contribution in [0.3, 0.4) is 0 Å². The number of hydrogen-bond acceptors (Lipinski definition) is 4. The first-order chi connectivity index (χ1) is 15.0. The summed E-state index contributed by atoms with van der Waals surface area (Å²) < 4.78 is 17.0.